The number of hydrogen-bond acceptors (Lipinski definition) is 2. The van der Waals surface area contributed by atoms with E-state index in [-0.39, 0.29) is 0 Å². The number of nitrogens with zero attached hydrogens (tertiary/aromatic N) is 1. The van der Waals surface area contributed by atoms with Crippen molar-refractivity contribution in [1.29, 1.82) is 0 Å². The zero-order chi connectivity index (χ0) is 12.8. The van der Waals surface area contributed by atoms with Gasteiger partial charge in [0.15, 0.2) is 0 Å². The molecule has 2 atom stereocenters. The fraction of sp³-hybridized carbons (Fsp3) is 0.625. The zero-order valence-electron chi connectivity index (χ0n) is 11.4. The van der Waals surface area contributed by atoms with Gasteiger partial charge >= 0.3 is 0 Å². The number of aliphatic hydroxyl groups excluding tert-OH is 1. The minimum atomic E-state index is 0.348. The molecular weight excluding hydrogens is 222 g/mol. The number of hydrogen-bond donors (Lipinski definition) is 1. The Morgan fingerprint density at radius 3 is 2.72 bits per heavy atom. The molecule has 1 aromatic carbocycles. The van der Waals surface area contributed by atoms with Crippen LogP contribution in [0.4, 0.5) is 0 Å². The molecular formula is C16H25NO. The molecule has 2 heteroatoms. The molecule has 1 aliphatic heterocycles. The van der Waals surface area contributed by atoms with E-state index in [0.29, 0.717) is 18.4 Å². The first-order valence-corrected chi connectivity index (χ1v) is 7.21. The second-order valence-electron chi connectivity index (χ2n) is 5.49. The quantitative estimate of drug-likeness (QED) is 0.835. The van der Waals surface area contributed by atoms with Crippen LogP contribution in [0.1, 0.15) is 37.7 Å². The van der Waals surface area contributed by atoms with E-state index < -0.39 is 0 Å². The molecule has 1 N–H and O–H groups in total. The van der Waals surface area contributed by atoms with E-state index >= 15 is 0 Å². The Kier molecular flexibility index (Phi) is 5.21. The summed E-state index contributed by atoms with van der Waals surface area (Å²) in [6, 6.07) is 10.9. The molecule has 0 bridgehead atoms. The fourth-order valence-electron chi connectivity index (χ4n) is 2.98. The molecule has 2 nitrogen and oxygen atoms in total. The highest BCUT2D eigenvalue weighted by molar-refractivity contribution is 5.19. The Morgan fingerprint density at radius 1 is 1.33 bits per heavy atom. The van der Waals surface area contributed by atoms with Gasteiger partial charge in [0.05, 0.1) is 0 Å². The molecule has 2 unspecified atom stereocenters. The van der Waals surface area contributed by atoms with Crippen molar-refractivity contribution in [2.45, 2.75) is 32.1 Å². The summed E-state index contributed by atoms with van der Waals surface area (Å²) in [5.41, 5.74) is 1.46. The molecule has 100 valence electrons. The maximum absolute atomic E-state index is 9.21. The predicted molar refractivity (Wildman–Crippen MR) is 75.7 cm³/mol. The predicted octanol–water partition coefficient (Wildman–Crippen LogP) is 2.88. The van der Waals surface area contributed by atoms with Gasteiger partial charge in [-0.25, -0.2) is 0 Å². The summed E-state index contributed by atoms with van der Waals surface area (Å²) in [6.07, 6.45) is 3.64. The summed E-state index contributed by atoms with van der Waals surface area (Å²) < 4.78 is 0. The van der Waals surface area contributed by atoms with Crippen LogP contribution in [0.15, 0.2) is 30.3 Å². The van der Waals surface area contributed by atoms with Crippen molar-refractivity contribution in [2.24, 2.45) is 5.92 Å². The largest absolute Gasteiger partial charge is 0.396 e. The molecule has 0 spiro atoms. The highest BCUT2D eigenvalue weighted by atomic mass is 16.3. The molecule has 1 fully saturated rings. The lowest BCUT2D eigenvalue weighted by atomic mass is 9.94. The van der Waals surface area contributed by atoms with Crippen molar-refractivity contribution >= 4 is 0 Å². The van der Waals surface area contributed by atoms with Gasteiger partial charge in [0.25, 0.3) is 0 Å². The topological polar surface area (TPSA) is 23.5 Å². The second-order valence-corrected chi connectivity index (χ2v) is 5.49. The Bertz CT molecular complexity index is 338. The van der Waals surface area contributed by atoms with E-state index in [2.05, 4.69) is 42.2 Å². The normalized spacial score (nSPS) is 22.2. The lowest BCUT2D eigenvalue weighted by Gasteiger charge is -2.24. The van der Waals surface area contributed by atoms with Crippen LogP contribution in [0.2, 0.25) is 0 Å². The van der Waals surface area contributed by atoms with Crippen LogP contribution in [0.25, 0.3) is 0 Å². The van der Waals surface area contributed by atoms with Gasteiger partial charge in [-0.15, -0.1) is 0 Å². The van der Waals surface area contributed by atoms with Gasteiger partial charge in [0, 0.05) is 19.7 Å². The molecule has 1 heterocycles. The maximum Gasteiger partial charge on any atom is 0.0471 e. The molecule has 0 saturated carbocycles. The number of rotatable bonds is 6. The van der Waals surface area contributed by atoms with Gasteiger partial charge in [0.2, 0.25) is 0 Å². The summed E-state index contributed by atoms with van der Waals surface area (Å²) in [6.45, 7) is 5.98. The minimum Gasteiger partial charge on any atom is -0.396 e. The van der Waals surface area contributed by atoms with Crippen LogP contribution >= 0.6 is 0 Å². The van der Waals surface area contributed by atoms with Crippen LogP contribution in [0.5, 0.6) is 0 Å². The van der Waals surface area contributed by atoms with Gasteiger partial charge in [-0.2, -0.15) is 0 Å². The molecule has 1 aliphatic rings. The van der Waals surface area contributed by atoms with E-state index in [1.807, 2.05) is 0 Å². The van der Waals surface area contributed by atoms with Crippen molar-refractivity contribution in [3.63, 3.8) is 0 Å². The first-order valence-electron chi connectivity index (χ1n) is 7.21. The van der Waals surface area contributed by atoms with Crippen molar-refractivity contribution in [1.82, 2.24) is 4.90 Å². The summed E-state index contributed by atoms with van der Waals surface area (Å²) in [5, 5.41) is 9.21. The SMILES string of the molecule is CCCC(CN1CCC(CO)C1)c1ccccc1. The molecule has 1 saturated heterocycles. The highest BCUT2D eigenvalue weighted by Crippen LogP contribution is 2.25. The molecule has 0 aromatic heterocycles. The van der Waals surface area contributed by atoms with Crippen LogP contribution in [-0.4, -0.2) is 36.2 Å². The number of likely N-dealkylation sites (tertiary alicyclic amines) is 1. The van der Waals surface area contributed by atoms with Crippen molar-refractivity contribution in [2.75, 3.05) is 26.2 Å². The van der Waals surface area contributed by atoms with Gasteiger partial charge in [0.1, 0.15) is 0 Å². The van der Waals surface area contributed by atoms with Crippen LogP contribution in [-0.2, 0) is 0 Å². The van der Waals surface area contributed by atoms with Gasteiger partial charge in [-0.05, 0) is 36.8 Å². The third-order valence-electron chi connectivity index (χ3n) is 4.01. The van der Waals surface area contributed by atoms with E-state index in [4.69, 9.17) is 0 Å². The molecule has 0 radical (unpaired) electrons. The molecule has 0 aliphatic carbocycles. The average Bonchev–Trinajstić information content (AvgIpc) is 2.87. The smallest absolute Gasteiger partial charge is 0.0471 e. The Hall–Kier alpha value is -0.860. The number of aliphatic hydroxyl groups is 1. The van der Waals surface area contributed by atoms with Gasteiger partial charge in [-0.1, -0.05) is 43.7 Å². The molecule has 0 amide bonds. The summed E-state index contributed by atoms with van der Waals surface area (Å²) in [4.78, 5) is 2.52. The van der Waals surface area contributed by atoms with Crippen molar-refractivity contribution < 1.29 is 5.11 Å². The Labute approximate surface area is 111 Å². The monoisotopic (exact) mass is 247 g/mol. The number of benzene rings is 1. The van der Waals surface area contributed by atoms with E-state index in [9.17, 15) is 5.11 Å². The standard InChI is InChI=1S/C16H25NO/c1-2-6-16(15-7-4-3-5-8-15)12-17-10-9-14(11-17)13-18/h3-5,7-8,14,16,18H,2,6,9-13H2,1H3. The zero-order valence-corrected chi connectivity index (χ0v) is 11.4. The molecule has 2 rings (SSSR count). The van der Waals surface area contributed by atoms with Gasteiger partial charge in [-0.3, -0.25) is 0 Å². The third kappa shape index (κ3) is 3.56. The lowest BCUT2D eigenvalue weighted by molar-refractivity contribution is 0.218. The second kappa shape index (κ2) is 6.91. The lowest BCUT2D eigenvalue weighted by Crippen LogP contribution is -2.27. The average molecular weight is 247 g/mol. The van der Waals surface area contributed by atoms with E-state index in [1.54, 1.807) is 0 Å². The van der Waals surface area contributed by atoms with Crippen LogP contribution in [0, 0.1) is 5.92 Å². The minimum absolute atomic E-state index is 0.348. The first-order chi connectivity index (χ1) is 8.83. The van der Waals surface area contributed by atoms with E-state index in [1.165, 1.54) is 18.4 Å². The van der Waals surface area contributed by atoms with Gasteiger partial charge < -0.3 is 10.0 Å². The summed E-state index contributed by atoms with van der Waals surface area (Å²) in [7, 11) is 0. The fourth-order valence-corrected chi connectivity index (χ4v) is 2.98. The third-order valence-corrected chi connectivity index (χ3v) is 4.01. The first kappa shape index (κ1) is 13.6. The molecule has 18 heavy (non-hydrogen) atoms. The van der Waals surface area contributed by atoms with Crippen molar-refractivity contribution in [3.05, 3.63) is 35.9 Å². The van der Waals surface area contributed by atoms with Crippen LogP contribution < -0.4 is 0 Å². The Morgan fingerprint density at radius 2 is 2.11 bits per heavy atom. The molecule has 1 aromatic rings. The summed E-state index contributed by atoms with van der Waals surface area (Å²) >= 11 is 0. The summed E-state index contributed by atoms with van der Waals surface area (Å²) in [5.74, 6) is 1.15. The van der Waals surface area contributed by atoms with E-state index in [0.717, 1.165) is 26.1 Å². The van der Waals surface area contributed by atoms with Crippen LogP contribution in [0.3, 0.4) is 0 Å². The Balaban J connectivity index is 1.95. The maximum atomic E-state index is 9.21. The van der Waals surface area contributed by atoms with Crippen molar-refractivity contribution in [3.8, 4) is 0 Å². The highest BCUT2D eigenvalue weighted by Gasteiger charge is 2.24.